The van der Waals surface area contributed by atoms with Gasteiger partial charge in [0.05, 0.1) is 0 Å². The summed E-state index contributed by atoms with van der Waals surface area (Å²) in [5.74, 6) is 1.06. The highest BCUT2D eigenvalue weighted by Gasteiger charge is 2.05. The van der Waals surface area contributed by atoms with Gasteiger partial charge in [-0.05, 0) is 32.4 Å². The summed E-state index contributed by atoms with van der Waals surface area (Å²) in [5, 5.41) is 0. The Morgan fingerprint density at radius 1 is 1.12 bits per heavy atom. The fourth-order valence-corrected chi connectivity index (χ4v) is 1.04. The number of terminal acetylenes is 1. The zero-order valence-corrected chi connectivity index (χ0v) is 12.7. The molecule has 1 aliphatic rings. The number of hydrogen-bond acceptors (Lipinski definition) is 2. The molecule has 0 fully saturated rings. The molecule has 0 aliphatic carbocycles. The maximum Gasteiger partial charge on any atom is 0.131 e. The Bertz CT molecular complexity index is 277. The van der Waals surface area contributed by atoms with Crippen LogP contribution >= 0.6 is 0 Å². The highest BCUT2D eigenvalue weighted by atomic mass is 15.2. The van der Waals surface area contributed by atoms with E-state index in [4.69, 9.17) is 0 Å². The van der Waals surface area contributed by atoms with Crippen molar-refractivity contribution in [3.63, 3.8) is 0 Å². The normalized spacial score (nSPS) is 11.8. The first-order valence-electron chi connectivity index (χ1n) is 6.08. The van der Waals surface area contributed by atoms with Crippen LogP contribution in [0.25, 0.3) is 0 Å². The van der Waals surface area contributed by atoms with Gasteiger partial charge >= 0.3 is 0 Å². The second kappa shape index (κ2) is 14.5. The minimum atomic E-state index is 1.06. The molecule has 0 radical (unpaired) electrons. The van der Waals surface area contributed by atoms with Crippen LogP contribution in [0.2, 0.25) is 0 Å². The van der Waals surface area contributed by atoms with E-state index in [9.17, 15) is 0 Å². The Morgan fingerprint density at radius 2 is 1.53 bits per heavy atom. The molecule has 2 nitrogen and oxygen atoms in total. The summed E-state index contributed by atoms with van der Waals surface area (Å²) >= 11 is 0. The molecular weight excluding hydrogens is 208 g/mol. The lowest BCUT2D eigenvalue weighted by Crippen LogP contribution is -2.15. The Morgan fingerprint density at radius 3 is 1.82 bits per heavy atom. The summed E-state index contributed by atoms with van der Waals surface area (Å²) < 4.78 is 0. The van der Waals surface area contributed by atoms with Crippen molar-refractivity contribution in [3.05, 3.63) is 23.7 Å². The van der Waals surface area contributed by atoms with E-state index in [1.54, 1.807) is 0 Å². The summed E-state index contributed by atoms with van der Waals surface area (Å²) in [5.41, 5.74) is 2.32. The molecule has 1 rings (SSSR count). The fourth-order valence-electron chi connectivity index (χ4n) is 1.04. The number of hydrogen-bond donors (Lipinski definition) is 0. The van der Waals surface area contributed by atoms with Crippen molar-refractivity contribution >= 4 is 5.71 Å². The van der Waals surface area contributed by atoms with Gasteiger partial charge in [-0.25, -0.2) is 4.99 Å². The van der Waals surface area contributed by atoms with Crippen LogP contribution in [-0.4, -0.2) is 17.7 Å². The largest absolute Gasteiger partial charge is 0.336 e. The third-order valence-electron chi connectivity index (χ3n) is 1.60. The summed E-state index contributed by atoms with van der Waals surface area (Å²) in [4.78, 5) is 6.43. The van der Waals surface area contributed by atoms with Crippen LogP contribution < -0.4 is 0 Å². The van der Waals surface area contributed by atoms with Gasteiger partial charge in [0, 0.05) is 19.0 Å². The zero-order chi connectivity index (χ0) is 14.4. The maximum absolute atomic E-state index is 4.40. The molecule has 0 saturated carbocycles. The van der Waals surface area contributed by atoms with Crippen molar-refractivity contribution in [2.75, 3.05) is 7.05 Å². The molecule has 1 aliphatic heterocycles. The molecule has 0 bridgehead atoms. The first kappa shape index (κ1) is 20.9. The van der Waals surface area contributed by atoms with Crippen molar-refractivity contribution in [3.8, 4) is 12.8 Å². The lowest BCUT2D eigenvalue weighted by molar-refractivity contribution is 0.549. The van der Waals surface area contributed by atoms with Crippen molar-refractivity contribution in [2.45, 2.75) is 48.5 Å². The van der Waals surface area contributed by atoms with Crippen LogP contribution in [0.5, 0.6) is 0 Å². The molecule has 0 amide bonds. The first-order chi connectivity index (χ1) is 8.11. The third kappa shape index (κ3) is 9.44. The van der Waals surface area contributed by atoms with Gasteiger partial charge in [0.1, 0.15) is 5.82 Å². The second-order valence-corrected chi connectivity index (χ2v) is 3.00. The van der Waals surface area contributed by atoms with Gasteiger partial charge in [-0.2, -0.15) is 0 Å². The van der Waals surface area contributed by atoms with Crippen molar-refractivity contribution < 1.29 is 0 Å². The standard InChI is InChI=1S/C9H14N2.2C2H6.C2H2/c1-7(2)9-10-8(3)5-6-11(9)4;3*1-2/h5-6H,1-4H3;2*1-2H3;1-2H. The maximum atomic E-state index is 4.40. The van der Waals surface area contributed by atoms with Crippen LogP contribution in [0, 0.1) is 12.8 Å². The molecule has 0 spiro atoms. The Kier molecular flexibility index (Phi) is 17.8. The molecule has 0 aromatic rings. The third-order valence-corrected chi connectivity index (χ3v) is 1.60. The van der Waals surface area contributed by atoms with Crippen LogP contribution in [0.3, 0.4) is 0 Å². The molecule has 0 atom stereocenters. The molecule has 17 heavy (non-hydrogen) atoms. The molecule has 2 heteroatoms. The van der Waals surface area contributed by atoms with Gasteiger partial charge in [-0.1, -0.05) is 27.7 Å². The molecule has 98 valence electrons. The molecule has 1 heterocycles. The summed E-state index contributed by atoms with van der Waals surface area (Å²) in [6.45, 7) is 14.1. The fraction of sp³-hybridized carbons (Fsp3) is 0.533. The van der Waals surface area contributed by atoms with Crippen LogP contribution in [0.15, 0.2) is 28.7 Å². The van der Waals surface area contributed by atoms with E-state index in [1.807, 2.05) is 58.8 Å². The Labute approximate surface area is 108 Å². The number of rotatable bonds is 0. The first-order valence-corrected chi connectivity index (χ1v) is 6.08. The average Bonchev–Trinajstić information content (AvgIpc) is 2.39. The van der Waals surface area contributed by atoms with Gasteiger partial charge in [0.15, 0.2) is 0 Å². The summed E-state index contributed by atoms with van der Waals surface area (Å²) in [7, 11) is 2.01. The van der Waals surface area contributed by atoms with E-state index >= 15 is 0 Å². The minimum absolute atomic E-state index is 1.06. The Balaban J connectivity index is -0.000000285. The monoisotopic (exact) mass is 236 g/mol. The van der Waals surface area contributed by atoms with Crippen LogP contribution in [0.1, 0.15) is 48.5 Å². The SMILES string of the molecule is C#C.CC.CC.CC1=NC(=C(C)C)N(C)C=C1. The lowest BCUT2D eigenvalue weighted by Gasteiger charge is -2.20. The predicted octanol–water partition coefficient (Wildman–Crippen LogP) is 4.46. The highest BCUT2D eigenvalue weighted by Crippen LogP contribution is 2.14. The van der Waals surface area contributed by atoms with Crippen molar-refractivity contribution in [1.82, 2.24) is 4.90 Å². The van der Waals surface area contributed by atoms with E-state index < -0.39 is 0 Å². The lowest BCUT2D eigenvalue weighted by atomic mass is 10.3. The van der Waals surface area contributed by atoms with E-state index in [-0.39, 0.29) is 0 Å². The average molecular weight is 236 g/mol. The summed E-state index contributed by atoms with van der Waals surface area (Å²) in [6, 6.07) is 0. The van der Waals surface area contributed by atoms with Crippen LogP contribution in [-0.2, 0) is 0 Å². The Hall–Kier alpha value is -1.49. The zero-order valence-electron chi connectivity index (χ0n) is 12.7. The molecule has 0 aromatic heterocycles. The smallest absolute Gasteiger partial charge is 0.131 e. The van der Waals surface area contributed by atoms with Gasteiger partial charge in [-0.15, -0.1) is 12.8 Å². The van der Waals surface area contributed by atoms with Gasteiger partial charge < -0.3 is 4.90 Å². The predicted molar refractivity (Wildman–Crippen MR) is 81.0 cm³/mol. The molecule has 0 saturated heterocycles. The van der Waals surface area contributed by atoms with E-state index in [2.05, 4.69) is 31.7 Å². The molecule has 0 N–H and O–H groups in total. The summed E-state index contributed by atoms with van der Waals surface area (Å²) in [6.07, 6.45) is 12.0. The number of nitrogens with zero attached hydrogens (tertiary/aromatic N) is 2. The van der Waals surface area contributed by atoms with E-state index in [1.165, 1.54) is 5.57 Å². The van der Waals surface area contributed by atoms with Gasteiger partial charge in [-0.3, -0.25) is 0 Å². The molecule has 0 unspecified atom stereocenters. The number of aliphatic imine (C=N–C) groups is 1. The van der Waals surface area contributed by atoms with E-state index in [0.29, 0.717) is 0 Å². The van der Waals surface area contributed by atoms with Gasteiger partial charge in [0.25, 0.3) is 0 Å². The van der Waals surface area contributed by atoms with Crippen molar-refractivity contribution in [1.29, 1.82) is 0 Å². The minimum Gasteiger partial charge on any atom is -0.336 e. The molecule has 0 aromatic carbocycles. The van der Waals surface area contributed by atoms with Crippen molar-refractivity contribution in [2.24, 2.45) is 4.99 Å². The topological polar surface area (TPSA) is 15.6 Å². The molecular formula is C15H28N2. The second-order valence-electron chi connectivity index (χ2n) is 3.00. The number of allylic oxidation sites excluding steroid dienone is 2. The quantitative estimate of drug-likeness (QED) is 0.567. The van der Waals surface area contributed by atoms with Gasteiger partial charge in [0.2, 0.25) is 0 Å². The van der Waals surface area contributed by atoms with E-state index in [0.717, 1.165) is 11.5 Å². The van der Waals surface area contributed by atoms with Crippen LogP contribution in [0.4, 0.5) is 0 Å². The highest BCUT2D eigenvalue weighted by molar-refractivity contribution is 5.94.